The highest BCUT2D eigenvalue weighted by atomic mass is 16.3. The van der Waals surface area contributed by atoms with E-state index in [0.717, 1.165) is 29.2 Å². The molecule has 0 spiro atoms. The third-order valence-corrected chi connectivity index (χ3v) is 6.32. The zero-order valence-corrected chi connectivity index (χ0v) is 19.4. The predicted molar refractivity (Wildman–Crippen MR) is 130 cm³/mol. The van der Waals surface area contributed by atoms with Gasteiger partial charge in [0, 0.05) is 23.9 Å². The molecular weight excluding hydrogens is 428 g/mol. The minimum atomic E-state index is -0.509. The van der Waals surface area contributed by atoms with Crippen molar-refractivity contribution in [1.82, 2.24) is 10.3 Å². The highest BCUT2D eigenvalue weighted by Crippen LogP contribution is 2.48. The SMILES string of the molecule is CC1(C)CC(=O)C2=C(C1)Nc1ccccc1N(CC(=O)NCc1ccccn1)C2c1ccco1. The molecule has 1 atom stereocenters. The lowest BCUT2D eigenvalue weighted by molar-refractivity contribution is -0.121. The molecule has 3 heterocycles. The van der Waals surface area contributed by atoms with Crippen LogP contribution in [0.25, 0.3) is 0 Å². The highest BCUT2D eigenvalue weighted by Gasteiger charge is 2.42. The van der Waals surface area contributed by atoms with Gasteiger partial charge in [0.05, 0.1) is 36.4 Å². The lowest BCUT2D eigenvalue weighted by Gasteiger charge is -2.36. The number of nitrogens with zero attached hydrogens (tertiary/aromatic N) is 2. The summed E-state index contributed by atoms with van der Waals surface area (Å²) in [5, 5.41) is 6.50. The number of fused-ring (bicyclic) bond motifs is 1. The minimum absolute atomic E-state index is 0.0599. The Morgan fingerprint density at radius 3 is 2.74 bits per heavy atom. The van der Waals surface area contributed by atoms with Crippen LogP contribution in [0.2, 0.25) is 0 Å². The topological polar surface area (TPSA) is 87.5 Å². The molecule has 7 nitrogen and oxygen atoms in total. The van der Waals surface area contributed by atoms with E-state index in [1.165, 1.54) is 0 Å². The van der Waals surface area contributed by atoms with Crippen LogP contribution >= 0.6 is 0 Å². The molecule has 2 aromatic heterocycles. The van der Waals surface area contributed by atoms with Gasteiger partial charge in [0.1, 0.15) is 11.8 Å². The first-order valence-corrected chi connectivity index (χ1v) is 11.5. The number of allylic oxidation sites excluding steroid dienone is 1. The van der Waals surface area contributed by atoms with Crippen molar-refractivity contribution in [1.29, 1.82) is 0 Å². The Kier molecular flexibility index (Phi) is 5.69. The van der Waals surface area contributed by atoms with E-state index in [2.05, 4.69) is 29.5 Å². The van der Waals surface area contributed by atoms with Gasteiger partial charge < -0.3 is 20.0 Å². The fraction of sp³-hybridized carbons (Fsp3) is 0.296. The molecule has 2 N–H and O–H groups in total. The average Bonchev–Trinajstić information content (AvgIpc) is 3.30. The van der Waals surface area contributed by atoms with E-state index in [0.29, 0.717) is 24.3 Å². The standard InChI is InChI=1S/C27H28N4O3/c1-27(2)14-20-25(22(32)15-27)26(23-11-7-13-34-23)31(21-10-4-3-9-19(21)30-20)17-24(33)29-16-18-8-5-6-12-28-18/h3-13,26,30H,14-17H2,1-2H3,(H,29,33). The molecule has 34 heavy (non-hydrogen) atoms. The smallest absolute Gasteiger partial charge is 0.239 e. The molecular formula is C27H28N4O3. The fourth-order valence-electron chi connectivity index (χ4n) is 4.87. The number of furan rings is 1. The Labute approximate surface area is 198 Å². The number of amides is 1. The van der Waals surface area contributed by atoms with Gasteiger partial charge in [0.15, 0.2) is 5.78 Å². The number of hydrogen-bond donors (Lipinski definition) is 2. The zero-order chi connectivity index (χ0) is 23.7. The molecule has 3 aromatic rings. The van der Waals surface area contributed by atoms with Gasteiger partial charge in [-0.05, 0) is 48.2 Å². The second-order valence-corrected chi connectivity index (χ2v) is 9.62. The average molecular weight is 457 g/mol. The number of carbonyl (C=O) groups is 2. The van der Waals surface area contributed by atoms with E-state index in [1.54, 1.807) is 12.5 Å². The van der Waals surface area contributed by atoms with Crippen LogP contribution in [0.15, 0.2) is 82.7 Å². The second kappa shape index (κ2) is 8.82. The number of hydrogen-bond acceptors (Lipinski definition) is 6. The predicted octanol–water partition coefficient (Wildman–Crippen LogP) is 4.61. The molecule has 1 amide bonds. The molecule has 0 saturated heterocycles. The largest absolute Gasteiger partial charge is 0.467 e. The number of anilines is 2. The van der Waals surface area contributed by atoms with Gasteiger partial charge in [-0.2, -0.15) is 0 Å². The number of para-hydroxylation sites is 2. The molecule has 174 valence electrons. The summed E-state index contributed by atoms with van der Waals surface area (Å²) in [6, 6.07) is 16.6. The number of aromatic nitrogens is 1. The van der Waals surface area contributed by atoms with Gasteiger partial charge in [-0.1, -0.05) is 32.0 Å². The monoisotopic (exact) mass is 456 g/mol. The van der Waals surface area contributed by atoms with Crippen LogP contribution in [0, 0.1) is 5.41 Å². The number of carbonyl (C=O) groups excluding carboxylic acids is 2. The van der Waals surface area contributed by atoms with Crippen LogP contribution in [0.3, 0.4) is 0 Å². The van der Waals surface area contributed by atoms with Gasteiger partial charge in [0.25, 0.3) is 0 Å². The Morgan fingerprint density at radius 1 is 1.15 bits per heavy atom. The molecule has 1 aromatic carbocycles. The normalized spacial score (nSPS) is 19.1. The van der Waals surface area contributed by atoms with E-state index in [4.69, 9.17) is 4.42 Å². The summed E-state index contributed by atoms with van der Waals surface area (Å²) in [6.45, 7) is 4.61. The van der Waals surface area contributed by atoms with Crippen molar-refractivity contribution in [2.24, 2.45) is 5.41 Å². The van der Waals surface area contributed by atoms with Crippen LogP contribution in [0.1, 0.15) is 44.2 Å². The molecule has 1 aliphatic heterocycles. The minimum Gasteiger partial charge on any atom is -0.467 e. The summed E-state index contributed by atoms with van der Waals surface area (Å²) >= 11 is 0. The van der Waals surface area contributed by atoms with Crippen molar-refractivity contribution in [3.63, 3.8) is 0 Å². The van der Waals surface area contributed by atoms with Gasteiger partial charge >= 0.3 is 0 Å². The number of pyridine rings is 1. The molecule has 0 fully saturated rings. The van der Waals surface area contributed by atoms with Crippen molar-refractivity contribution in [2.75, 3.05) is 16.8 Å². The maximum Gasteiger partial charge on any atom is 0.239 e. The molecule has 5 rings (SSSR count). The number of ketones is 1. The molecule has 2 aliphatic rings. The van der Waals surface area contributed by atoms with Gasteiger partial charge in [-0.3, -0.25) is 14.6 Å². The lowest BCUT2D eigenvalue weighted by Crippen LogP contribution is -2.41. The maximum absolute atomic E-state index is 13.5. The third kappa shape index (κ3) is 4.33. The first-order valence-electron chi connectivity index (χ1n) is 11.5. The Morgan fingerprint density at radius 2 is 1.97 bits per heavy atom. The van der Waals surface area contributed by atoms with Crippen LogP contribution in [0.5, 0.6) is 0 Å². The van der Waals surface area contributed by atoms with Crippen molar-refractivity contribution >= 4 is 23.1 Å². The van der Waals surface area contributed by atoms with E-state index in [9.17, 15) is 9.59 Å². The van der Waals surface area contributed by atoms with Crippen LogP contribution in [-0.4, -0.2) is 23.2 Å². The van der Waals surface area contributed by atoms with Crippen molar-refractivity contribution in [3.05, 3.63) is 89.8 Å². The first-order chi connectivity index (χ1) is 16.4. The molecule has 0 bridgehead atoms. The molecule has 1 unspecified atom stereocenters. The number of nitrogens with one attached hydrogen (secondary N) is 2. The summed E-state index contributed by atoms with van der Waals surface area (Å²) in [6.07, 6.45) is 4.49. The molecule has 0 radical (unpaired) electrons. The molecule has 1 aliphatic carbocycles. The van der Waals surface area contributed by atoms with Crippen LogP contribution in [0.4, 0.5) is 11.4 Å². The van der Waals surface area contributed by atoms with E-state index in [-0.39, 0.29) is 23.7 Å². The quantitative estimate of drug-likeness (QED) is 0.583. The van der Waals surface area contributed by atoms with Crippen LogP contribution < -0.4 is 15.5 Å². The van der Waals surface area contributed by atoms with Crippen molar-refractivity contribution in [2.45, 2.75) is 39.3 Å². The lowest BCUT2D eigenvalue weighted by atomic mass is 9.74. The third-order valence-electron chi connectivity index (χ3n) is 6.32. The van der Waals surface area contributed by atoms with Crippen LogP contribution in [-0.2, 0) is 16.1 Å². The summed E-state index contributed by atoms with van der Waals surface area (Å²) in [5.74, 6) is 0.549. The Balaban J connectivity index is 1.55. The second-order valence-electron chi connectivity index (χ2n) is 9.62. The molecule has 0 saturated carbocycles. The van der Waals surface area contributed by atoms with Gasteiger partial charge in [0.2, 0.25) is 5.91 Å². The van der Waals surface area contributed by atoms with E-state index < -0.39 is 6.04 Å². The zero-order valence-electron chi connectivity index (χ0n) is 19.4. The first kappa shape index (κ1) is 21.9. The number of rotatable bonds is 5. The molecule has 7 heteroatoms. The maximum atomic E-state index is 13.5. The van der Waals surface area contributed by atoms with Crippen molar-refractivity contribution < 1.29 is 14.0 Å². The van der Waals surface area contributed by atoms with E-state index in [1.807, 2.05) is 59.5 Å². The highest BCUT2D eigenvalue weighted by molar-refractivity contribution is 6.01. The van der Waals surface area contributed by atoms with Crippen molar-refractivity contribution in [3.8, 4) is 0 Å². The van der Waals surface area contributed by atoms with E-state index >= 15 is 0 Å². The van der Waals surface area contributed by atoms with Gasteiger partial charge in [-0.15, -0.1) is 0 Å². The number of Topliss-reactive ketones (excluding diaryl/α,β-unsaturated/α-hetero) is 1. The summed E-state index contributed by atoms with van der Waals surface area (Å²) in [5.41, 5.74) is 3.91. The summed E-state index contributed by atoms with van der Waals surface area (Å²) < 4.78 is 5.84. The summed E-state index contributed by atoms with van der Waals surface area (Å²) in [7, 11) is 0. The fourth-order valence-corrected chi connectivity index (χ4v) is 4.87. The summed E-state index contributed by atoms with van der Waals surface area (Å²) in [4.78, 5) is 32.9. The Hall–Kier alpha value is -3.87. The number of benzene rings is 1. The van der Waals surface area contributed by atoms with Gasteiger partial charge in [-0.25, -0.2) is 0 Å². The Bertz CT molecular complexity index is 1230.